The van der Waals surface area contributed by atoms with Crippen LogP contribution in [-0.4, -0.2) is 26.1 Å². The molecular weight excluding hydrogens is 272 g/mol. The Morgan fingerprint density at radius 2 is 1.76 bits per heavy atom. The van der Waals surface area contributed by atoms with Crippen molar-refractivity contribution >= 4 is 0 Å². The quantitative estimate of drug-likeness (QED) is 0.868. The van der Waals surface area contributed by atoms with Crippen LogP contribution >= 0.6 is 0 Å². The summed E-state index contributed by atoms with van der Waals surface area (Å²) in [6.45, 7) is 1.07. The van der Waals surface area contributed by atoms with Gasteiger partial charge >= 0.3 is 0 Å². The number of benzene rings is 2. The molecular formula is C16H14O5. The van der Waals surface area contributed by atoms with Crippen LogP contribution in [0.2, 0.25) is 0 Å². The maximum Gasteiger partial charge on any atom is 0.231 e. The van der Waals surface area contributed by atoms with E-state index in [-0.39, 0.29) is 12.9 Å². The van der Waals surface area contributed by atoms with Gasteiger partial charge in [0.25, 0.3) is 0 Å². The molecule has 0 N–H and O–H groups in total. The zero-order valence-corrected chi connectivity index (χ0v) is 11.3. The minimum atomic E-state index is -0.155. The van der Waals surface area contributed by atoms with Crippen LogP contribution in [0.15, 0.2) is 42.5 Å². The third-order valence-corrected chi connectivity index (χ3v) is 3.35. The van der Waals surface area contributed by atoms with Crippen molar-refractivity contribution < 1.29 is 23.7 Å². The third kappa shape index (κ3) is 2.31. The molecule has 0 spiro atoms. The van der Waals surface area contributed by atoms with E-state index < -0.39 is 0 Å². The lowest BCUT2D eigenvalue weighted by atomic mass is 10.2. The molecule has 5 heteroatoms. The Hall–Kier alpha value is -2.56. The number of hydrogen-bond donors (Lipinski definition) is 0. The number of para-hydroxylation sites is 3. The molecule has 0 unspecified atom stereocenters. The molecule has 5 nitrogen and oxygen atoms in total. The Kier molecular flexibility index (Phi) is 2.96. The Bertz CT molecular complexity index is 655. The predicted molar refractivity (Wildman–Crippen MR) is 74.4 cm³/mol. The molecule has 2 aliphatic heterocycles. The van der Waals surface area contributed by atoms with E-state index in [4.69, 9.17) is 23.7 Å². The van der Waals surface area contributed by atoms with Crippen LogP contribution in [0.5, 0.6) is 28.7 Å². The van der Waals surface area contributed by atoms with E-state index >= 15 is 0 Å². The molecule has 0 aromatic heterocycles. The van der Waals surface area contributed by atoms with Crippen molar-refractivity contribution in [3.05, 3.63) is 42.5 Å². The fourth-order valence-electron chi connectivity index (χ4n) is 2.35. The summed E-state index contributed by atoms with van der Waals surface area (Å²) in [6, 6.07) is 13.2. The van der Waals surface area contributed by atoms with Gasteiger partial charge in [0.2, 0.25) is 12.5 Å². The normalized spacial score (nSPS) is 18.4. The maximum atomic E-state index is 5.85. The second kappa shape index (κ2) is 5.09. The molecule has 21 heavy (non-hydrogen) atoms. The van der Waals surface area contributed by atoms with Gasteiger partial charge in [0, 0.05) is 0 Å². The molecule has 4 rings (SSSR count). The molecule has 0 saturated carbocycles. The number of fused-ring (bicyclic) bond motifs is 2. The van der Waals surface area contributed by atoms with E-state index in [9.17, 15) is 0 Å². The Balaban J connectivity index is 1.43. The molecule has 108 valence electrons. The van der Waals surface area contributed by atoms with E-state index in [1.54, 1.807) is 0 Å². The summed E-state index contributed by atoms with van der Waals surface area (Å²) < 4.78 is 28.0. The largest absolute Gasteiger partial charge is 0.486 e. The molecule has 0 fully saturated rings. The lowest BCUT2D eigenvalue weighted by molar-refractivity contribution is 0.0525. The van der Waals surface area contributed by atoms with Crippen molar-refractivity contribution in [3.63, 3.8) is 0 Å². The van der Waals surface area contributed by atoms with Gasteiger partial charge in [-0.3, -0.25) is 0 Å². The van der Waals surface area contributed by atoms with Crippen molar-refractivity contribution in [2.45, 2.75) is 6.10 Å². The highest BCUT2D eigenvalue weighted by Gasteiger charge is 2.23. The van der Waals surface area contributed by atoms with E-state index in [0.29, 0.717) is 30.5 Å². The van der Waals surface area contributed by atoms with E-state index in [2.05, 4.69) is 0 Å². The summed E-state index contributed by atoms with van der Waals surface area (Å²) in [4.78, 5) is 0. The first-order valence-corrected chi connectivity index (χ1v) is 6.80. The Morgan fingerprint density at radius 3 is 2.71 bits per heavy atom. The van der Waals surface area contributed by atoms with Gasteiger partial charge in [-0.1, -0.05) is 18.2 Å². The summed E-state index contributed by atoms with van der Waals surface area (Å²) in [5.41, 5.74) is 0. The van der Waals surface area contributed by atoms with Crippen molar-refractivity contribution in [1.29, 1.82) is 0 Å². The molecule has 2 aromatic rings. The van der Waals surface area contributed by atoms with Crippen LogP contribution in [0.25, 0.3) is 0 Å². The summed E-state index contributed by atoms with van der Waals surface area (Å²) in [5, 5.41) is 0. The van der Waals surface area contributed by atoms with Crippen molar-refractivity contribution in [2.24, 2.45) is 0 Å². The van der Waals surface area contributed by atoms with Crippen LogP contribution in [0, 0.1) is 0 Å². The Morgan fingerprint density at radius 1 is 0.905 bits per heavy atom. The minimum Gasteiger partial charge on any atom is -0.486 e. The molecule has 1 atom stereocenters. The molecule has 2 heterocycles. The van der Waals surface area contributed by atoms with Gasteiger partial charge in [0.15, 0.2) is 29.1 Å². The average Bonchev–Trinajstić information content (AvgIpc) is 3.02. The first-order chi connectivity index (χ1) is 10.4. The summed E-state index contributed by atoms with van der Waals surface area (Å²) in [7, 11) is 0. The standard InChI is InChI=1S/C16H14O5/c1-2-5-13-12(4-1)17-8-11(21-13)9-18-14-6-3-7-15-16(14)20-10-19-15/h1-7,11H,8-10H2/t11-/m1/s1. The van der Waals surface area contributed by atoms with Gasteiger partial charge in [-0.25, -0.2) is 0 Å². The molecule has 2 aliphatic rings. The minimum absolute atomic E-state index is 0.155. The highest BCUT2D eigenvalue weighted by molar-refractivity contribution is 5.52. The van der Waals surface area contributed by atoms with E-state index in [1.165, 1.54) is 0 Å². The lowest BCUT2D eigenvalue weighted by Crippen LogP contribution is -2.34. The van der Waals surface area contributed by atoms with Crippen LogP contribution in [0.4, 0.5) is 0 Å². The maximum absolute atomic E-state index is 5.85. The highest BCUT2D eigenvalue weighted by atomic mass is 16.7. The number of rotatable bonds is 3. The topological polar surface area (TPSA) is 46.2 Å². The van der Waals surface area contributed by atoms with E-state index in [1.807, 2.05) is 42.5 Å². The first kappa shape index (κ1) is 12.2. The third-order valence-electron chi connectivity index (χ3n) is 3.35. The van der Waals surface area contributed by atoms with Crippen molar-refractivity contribution in [2.75, 3.05) is 20.0 Å². The van der Waals surface area contributed by atoms with E-state index in [0.717, 1.165) is 11.5 Å². The smallest absolute Gasteiger partial charge is 0.231 e. The second-order valence-electron chi connectivity index (χ2n) is 4.80. The lowest BCUT2D eigenvalue weighted by Gasteiger charge is -2.26. The molecule has 0 amide bonds. The molecule has 2 aromatic carbocycles. The molecule has 0 saturated heterocycles. The fraction of sp³-hybridized carbons (Fsp3) is 0.250. The van der Waals surface area contributed by atoms with Crippen LogP contribution < -0.4 is 23.7 Å². The average molecular weight is 286 g/mol. The fourth-order valence-corrected chi connectivity index (χ4v) is 2.35. The van der Waals surface area contributed by atoms with Gasteiger partial charge in [0.05, 0.1) is 0 Å². The zero-order valence-electron chi connectivity index (χ0n) is 11.3. The highest BCUT2D eigenvalue weighted by Crippen LogP contribution is 2.40. The summed E-state index contributed by atoms with van der Waals surface area (Å²) in [6.07, 6.45) is -0.155. The van der Waals surface area contributed by atoms with Gasteiger partial charge in [-0.15, -0.1) is 0 Å². The number of ether oxygens (including phenoxy) is 5. The number of hydrogen-bond acceptors (Lipinski definition) is 5. The zero-order chi connectivity index (χ0) is 14.1. The first-order valence-electron chi connectivity index (χ1n) is 6.80. The second-order valence-corrected chi connectivity index (χ2v) is 4.80. The summed E-state index contributed by atoms with van der Waals surface area (Å²) in [5.74, 6) is 3.53. The predicted octanol–water partition coefficient (Wildman–Crippen LogP) is 2.63. The molecule has 0 aliphatic carbocycles. The van der Waals surface area contributed by atoms with Gasteiger partial charge < -0.3 is 23.7 Å². The van der Waals surface area contributed by atoms with Gasteiger partial charge in [0.1, 0.15) is 13.2 Å². The van der Waals surface area contributed by atoms with Gasteiger partial charge in [-0.2, -0.15) is 0 Å². The molecule has 0 bridgehead atoms. The van der Waals surface area contributed by atoms with Gasteiger partial charge in [-0.05, 0) is 24.3 Å². The van der Waals surface area contributed by atoms with Crippen molar-refractivity contribution in [3.8, 4) is 28.7 Å². The SMILES string of the molecule is c1ccc2c(c1)OC[C@H](COc1cccc3c1OCO3)O2. The monoisotopic (exact) mass is 286 g/mol. The Labute approximate surface area is 122 Å². The van der Waals surface area contributed by atoms with Crippen LogP contribution in [0.3, 0.4) is 0 Å². The van der Waals surface area contributed by atoms with Crippen molar-refractivity contribution in [1.82, 2.24) is 0 Å². The van der Waals surface area contributed by atoms with Crippen LogP contribution in [0.1, 0.15) is 0 Å². The van der Waals surface area contributed by atoms with Crippen LogP contribution in [-0.2, 0) is 0 Å². The summed E-state index contributed by atoms with van der Waals surface area (Å²) >= 11 is 0. The molecule has 0 radical (unpaired) electrons.